The lowest BCUT2D eigenvalue weighted by atomic mass is 9.76. The number of amides is 1. The molecule has 0 saturated heterocycles. The molecule has 1 atom stereocenters. The number of alkyl halides is 3. The van der Waals surface area contributed by atoms with Crippen molar-refractivity contribution >= 4 is 28.4 Å². The lowest BCUT2D eigenvalue weighted by Gasteiger charge is -2.38. The van der Waals surface area contributed by atoms with Gasteiger partial charge >= 0.3 is 6.18 Å². The van der Waals surface area contributed by atoms with Crippen LogP contribution in [0.4, 0.5) is 23.2 Å². The van der Waals surface area contributed by atoms with Crippen LogP contribution in [-0.2, 0) is 17.2 Å². The van der Waals surface area contributed by atoms with E-state index >= 15 is 0 Å². The van der Waals surface area contributed by atoms with Gasteiger partial charge in [0.2, 0.25) is 0 Å². The van der Waals surface area contributed by atoms with Crippen molar-refractivity contribution in [1.29, 1.82) is 0 Å². The summed E-state index contributed by atoms with van der Waals surface area (Å²) in [6.45, 7) is 8.92. The van der Waals surface area contributed by atoms with E-state index in [1.807, 2.05) is 105 Å². The molecular weight excluding hydrogens is 995 g/mol. The van der Waals surface area contributed by atoms with Gasteiger partial charge in [-0.15, -0.1) is 0 Å². The number of ether oxygens (including phenoxy) is 2. The molecule has 1 aliphatic heterocycles. The fraction of sp³-hybridized carbons (Fsp3) is 0.300. The number of hydrogen-bond donors (Lipinski definition) is 1. The van der Waals surface area contributed by atoms with Gasteiger partial charge in [-0.05, 0) is 173 Å². The van der Waals surface area contributed by atoms with Crippen LogP contribution in [0.15, 0.2) is 158 Å². The van der Waals surface area contributed by atoms with Crippen molar-refractivity contribution in [3.63, 3.8) is 0 Å². The second-order valence-corrected chi connectivity index (χ2v) is 22.5. The summed E-state index contributed by atoms with van der Waals surface area (Å²) in [6, 6.07) is 45.1. The Hall–Kier alpha value is -7.65. The Morgan fingerprint density at radius 1 is 0.696 bits per heavy atom. The summed E-state index contributed by atoms with van der Waals surface area (Å²) < 4.78 is 72.0. The maximum absolute atomic E-state index is 14.8. The number of carbonyl (C=O) groups is 1. The molecule has 5 nitrogen and oxygen atoms in total. The van der Waals surface area contributed by atoms with Crippen LogP contribution in [0.25, 0.3) is 50.2 Å². The zero-order chi connectivity index (χ0) is 55.2. The summed E-state index contributed by atoms with van der Waals surface area (Å²) in [6.07, 6.45) is 11.5. The van der Waals surface area contributed by atoms with E-state index < -0.39 is 28.6 Å². The first-order valence-electron chi connectivity index (χ1n) is 28.1. The van der Waals surface area contributed by atoms with E-state index in [1.165, 1.54) is 75.1 Å². The van der Waals surface area contributed by atoms with E-state index in [1.54, 1.807) is 30.1 Å². The van der Waals surface area contributed by atoms with Crippen LogP contribution in [0, 0.1) is 11.7 Å². The van der Waals surface area contributed by atoms with Gasteiger partial charge in [0, 0.05) is 51.4 Å². The molecule has 404 valence electrons. The van der Waals surface area contributed by atoms with Crippen LogP contribution in [0.1, 0.15) is 147 Å². The summed E-state index contributed by atoms with van der Waals surface area (Å²) in [5, 5.41) is 12.9. The van der Waals surface area contributed by atoms with E-state index in [9.17, 15) is 27.5 Å². The average molecular weight is 1060 g/mol. The summed E-state index contributed by atoms with van der Waals surface area (Å²) in [7, 11) is 1.75. The number of hydrogen-bond acceptors (Lipinski definition) is 4. The van der Waals surface area contributed by atoms with Crippen molar-refractivity contribution in [2.75, 3.05) is 18.6 Å². The molecule has 3 aliphatic rings. The second kappa shape index (κ2) is 21.5. The Kier molecular flexibility index (Phi) is 14.5. The van der Waals surface area contributed by atoms with Crippen LogP contribution in [-0.4, -0.2) is 24.7 Å². The van der Waals surface area contributed by atoms with Crippen molar-refractivity contribution < 1.29 is 36.9 Å². The highest BCUT2D eigenvalue weighted by molar-refractivity contribution is 6.10. The predicted molar refractivity (Wildman–Crippen MR) is 311 cm³/mol. The van der Waals surface area contributed by atoms with Gasteiger partial charge in [-0.3, -0.25) is 4.79 Å². The molecule has 1 unspecified atom stereocenters. The monoisotopic (exact) mass is 1060 g/mol. The number of phenolic OH excluding ortho intramolecular Hbond substituents is 1. The first kappa shape index (κ1) is 53.4. The van der Waals surface area contributed by atoms with E-state index in [0.717, 1.165) is 53.1 Å². The van der Waals surface area contributed by atoms with E-state index in [4.69, 9.17) is 9.47 Å². The first-order valence-corrected chi connectivity index (χ1v) is 28.1. The molecular formula is C70H67F4NO4. The van der Waals surface area contributed by atoms with E-state index in [0.29, 0.717) is 73.9 Å². The van der Waals surface area contributed by atoms with Gasteiger partial charge in [-0.1, -0.05) is 145 Å². The smallest absolute Gasteiger partial charge is 0.416 e. The van der Waals surface area contributed by atoms with E-state index in [2.05, 4.69) is 38.1 Å². The summed E-state index contributed by atoms with van der Waals surface area (Å²) >= 11 is 0. The third kappa shape index (κ3) is 10.1. The molecule has 1 amide bonds. The highest BCUT2D eigenvalue weighted by atomic mass is 19.4. The third-order valence-corrected chi connectivity index (χ3v) is 17.1. The Morgan fingerprint density at radius 3 is 1.96 bits per heavy atom. The molecule has 2 aliphatic carbocycles. The van der Waals surface area contributed by atoms with Crippen molar-refractivity contribution in [3.8, 4) is 50.6 Å². The maximum atomic E-state index is 14.8. The molecule has 1 heterocycles. The second-order valence-electron chi connectivity index (χ2n) is 22.5. The predicted octanol–water partition coefficient (Wildman–Crippen LogP) is 19.0. The number of nitrogens with zero attached hydrogens (tertiary/aromatic N) is 1. The molecule has 79 heavy (non-hydrogen) atoms. The van der Waals surface area contributed by atoms with E-state index in [-0.39, 0.29) is 22.8 Å². The maximum Gasteiger partial charge on any atom is 0.416 e. The number of aromatic hydroxyl groups is 1. The lowest BCUT2D eigenvalue weighted by molar-refractivity contribution is -0.137. The molecule has 8 aromatic carbocycles. The van der Waals surface area contributed by atoms with Gasteiger partial charge in [-0.2, -0.15) is 13.2 Å². The van der Waals surface area contributed by atoms with Crippen LogP contribution >= 0.6 is 0 Å². The van der Waals surface area contributed by atoms with Crippen molar-refractivity contribution in [1.82, 2.24) is 0 Å². The summed E-state index contributed by atoms with van der Waals surface area (Å²) in [5.74, 6) is 1.85. The lowest BCUT2D eigenvalue weighted by Crippen LogP contribution is -2.35. The molecule has 0 bridgehead atoms. The Labute approximate surface area is 461 Å². The van der Waals surface area contributed by atoms with Gasteiger partial charge in [0.05, 0.1) is 12.2 Å². The fourth-order valence-corrected chi connectivity index (χ4v) is 12.7. The largest absolute Gasteiger partial charge is 0.508 e. The average Bonchev–Trinajstić information content (AvgIpc) is 2.72. The molecule has 8 aromatic rings. The minimum Gasteiger partial charge on any atom is -0.508 e. The van der Waals surface area contributed by atoms with Crippen LogP contribution < -0.4 is 14.4 Å². The minimum atomic E-state index is -4.66. The number of benzene rings is 8. The zero-order valence-electron chi connectivity index (χ0n) is 45.7. The first-order chi connectivity index (χ1) is 38.1. The Balaban J connectivity index is 0.884. The molecule has 0 radical (unpaired) electrons. The van der Waals surface area contributed by atoms with Crippen molar-refractivity contribution in [2.24, 2.45) is 5.92 Å². The summed E-state index contributed by atoms with van der Waals surface area (Å²) in [5.41, 5.74) is 7.89. The van der Waals surface area contributed by atoms with Gasteiger partial charge < -0.3 is 19.5 Å². The Morgan fingerprint density at radius 2 is 1.32 bits per heavy atom. The number of carbonyl (C=O) groups excluding carboxylic acids is 1. The minimum absolute atomic E-state index is 0.0382. The number of rotatable bonds is 15. The van der Waals surface area contributed by atoms with Crippen LogP contribution in [0.5, 0.6) is 17.2 Å². The fourth-order valence-electron chi connectivity index (χ4n) is 12.7. The van der Waals surface area contributed by atoms with Crippen LogP contribution in [0.2, 0.25) is 0 Å². The van der Waals surface area contributed by atoms with Gasteiger partial charge in [0.1, 0.15) is 23.1 Å². The molecule has 0 spiro atoms. The Bertz CT molecular complexity index is 3560. The molecule has 0 aromatic heterocycles. The van der Waals surface area contributed by atoms with Gasteiger partial charge in [0.15, 0.2) is 5.60 Å². The number of halogens is 4. The molecule has 1 saturated carbocycles. The molecule has 1 fully saturated rings. The normalized spacial score (nSPS) is 18.1. The van der Waals surface area contributed by atoms with Gasteiger partial charge in [0.25, 0.3) is 5.91 Å². The van der Waals surface area contributed by atoms with Crippen LogP contribution in [0.3, 0.4) is 0 Å². The third-order valence-electron chi connectivity index (χ3n) is 17.1. The highest BCUT2D eigenvalue weighted by Gasteiger charge is 2.46. The zero-order valence-corrected chi connectivity index (χ0v) is 45.7. The van der Waals surface area contributed by atoms with Crippen molar-refractivity contribution in [3.05, 3.63) is 208 Å². The number of unbranched alkanes of at least 4 members (excludes halogenated alkanes) is 3. The SMILES string of the molecule is CCCCCC1CCC(c2ccc(-c3ccc(C(=O)N(C)c4ccc(-c5cc(O)c6c(c5)-c5c(c7c(c8cc(C(F)(F)F)ccc58)OC(c5ccc(F)cc5)(c5ccc(OCCCC)cc5)C=C7)C6(C)C)cc4)cc3)cc2)CC1. The highest BCUT2D eigenvalue weighted by Crippen LogP contribution is 2.61. The molecule has 9 heteroatoms. The molecule has 1 N–H and O–H groups in total. The number of anilines is 1. The molecule has 11 rings (SSSR count). The number of fused-ring (bicyclic) bond motifs is 8. The van der Waals surface area contributed by atoms with Crippen molar-refractivity contribution in [2.45, 2.75) is 115 Å². The standard InChI is InChI=1S/C70H67F4NO4/c1-6-8-10-11-44-12-14-45(15-13-44)46-16-18-47(19-17-46)48-20-22-50(23-21-48)67(77)75(5)56-33-24-49(25-34-56)51-41-61-63-58-37-30-54(70(72,73)74)43-60(58)66-59(65(63)68(3,4)64(61)62(76)42-51)38-39-69(79-66,52-26-31-55(71)32-27-52)53-28-35-57(36-29-53)78-40-9-7-2/h16-39,41-45,76H,6-15,40H2,1-5H3. The quantitative estimate of drug-likeness (QED) is 0.0821. The van der Waals surface area contributed by atoms with Gasteiger partial charge in [-0.25, -0.2) is 4.39 Å². The summed E-state index contributed by atoms with van der Waals surface area (Å²) in [4.78, 5) is 15.6. The number of phenols is 1. The topological polar surface area (TPSA) is 59.0 Å².